The summed E-state index contributed by atoms with van der Waals surface area (Å²) in [6.45, 7) is 2.39. The van der Waals surface area contributed by atoms with Gasteiger partial charge in [0, 0.05) is 36.5 Å². The summed E-state index contributed by atoms with van der Waals surface area (Å²) in [6, 6.07) is 10.6. The molecule has 0 saturated heterocycles. The fourth-order valence-corrected chi connectivity index (χ4v) is 2.30. The zero-order chi connectivity index (χ0) is 16.8. The number of thiocarbonyl (C=S) groups is 1. The van der Waals surface area contributed by atoms with Gasteiger partial charge in [-0.15, -0.1) is 0 Å². The van der Waals surface area contributed by atoms with Gasteiger partial charge in [-0.1, -0.05) is 24.4 Å². The summed E-state index contributed by atoms with van der Waals surface area (Å²) in [5.41, 5.74) is 7.83. The first-order chi connectivity index (χ1) is 11.0. The number of hydrogen-bond donors (Lipinski definition) is 2. The van der Waals surface area contributed by atoms with E-state index < -0.39 is 0 Å². The highest BCUT2D eigenvalue weighted by molar-refractivity contribution is 7.80. The van der Waals surface area contributed by atoms with Crippen LogP contribution in [-0.4, -0.2) is 15.5 Å². The number of carbonyl (C=O) groups excluding carboxylic acids is 1. The van der Waals surface area contributed by atoms with Crippen LogP contribution in [0, 0.1) is 6.92 Å². The van der Waals surface area contributed by atoms with Crippen molar-refractivity contribution >= 4 is 28.8 Å². The van der Waals surface area contributed by atoms with Crippen molar-refractivity contribution in [2.45, 2.75) is 26.3 Å². The van der Waals surface area contributed by atoms with Crippen LogP contribution in [0.3, 0.4) is 0 Å². The van der Waals surface area contributed by atoms with Gasteiger partial charge in [-0.05, 0) is 37.1 Å². The van der Waals surface area contributed by atoms with Crippen molar-refractivity contribution in [3.05, 3.63) is 64.1 Å². The van der Waals surface area contributed by atoms with Crippen molar-refractivity contribution in [3.8, 4) is 0 Å². The fraction of sp³-hybridized carbons (Fsp3) is 0.235. The maximum absolute atomic E-state index is 12.0. The van der Waals surface area contributed by atoms with Crippen molar-refractivity contribution in [2.24, 2.45) is 5.73 Å². The number of hydrogen-bond acceptors (Lipinski definition) is 3. The third-order valence-electron chi connectivity index (χ3n) is 3.39. The number of pyridine rings is 1. The molecule has 0 spiro atoms. The summed E-state index contributed by atoms with van der Waals surface area (Å²) in [5, 5.41) is 2.81. The second-order valence-corrected chi connectivity index (χ2v) is 5.77. The highest BCUT2D eigenvalue weighted by Crippen LogP contribution is 2.11. The number of benzene rings is 1. The van der Waals surface area contributed by atoms with Crippen LogP contribution >= 0.6 is 12.2 Å². The lowest BCUT2D eigenvalue weighted by Gasteiger charge is -2.08. The minimum absolute atomic E-state index is 0.0467. The number of carbonyl (C=O) groups is 1. The number of aryl methyl sites for hydroxylation is 2. The normalized spacial score (nSPS) is 10.3. The van der Waals surface area contributed by atoms with Gasteiger partial charge in [-0.2, -0.15) is 0 Å². The summed E-state index contributed by atoms with van der Waals surface area (Å²) in [6.07, 6.45) is 2.67. The third kappa shape index (κ3) is 5.03. The Labute approximate surface area is 140 Å². The van der Waals surface area contributed by atoms with E-state index in [1.807, 2.05) is 13.0 Å². The summed E-state index contributed by atoms with van der Waals surface area (Å²) in [4.78, 5) is 24.0. The largest absolute Gasteiger partial charge is 0.389 e. The molecule has 2 aromatic rings. The van der Waals surface area contributed by atoms with E-state index in [9.17, 15) is 9.59 Å². The molecular formula is C17H19N3O2S. The molecule has 120 valence electrons. The molecule has 0 atom stereocenters. The monoisotopic (exact) mass is 329 g/mol. The highest BCUT2D eigenvalue weighted by atomic mass is 32.1. The molecule has 1 aromatic carbocycles. The third-order valence-corrected chi connectivity index (χ3v) is 3.62. The van der Waals surface area contributed by atoms with Crippen molar-refractivity contribution < 1.29 is 4.79 Å². The lowest BCUT2D eigenvalue weighted by molar-refractivity contribution is -0.116. The predicted octanol–water partition coefficient (Wildman–Crippen LogP) is 2.21. The molecule has 1 aromatic heterocycles. The van der Waals surface area contributed by atoms with Crippen molar-refractivity contribution in [1.82, 2.24) is 4.57 Å². The molecule has 0 bridgehead atoms. The maximum atomic E-state index is 12.0. The van der Waals surface area contributed by atoms with Crippen LogP contribution in [0.25, 0.3) is 0 Å². The van der Waals surface area contributed by atoms with Gasteiger partial charge in [0.15, 0.2) is 0 Å². The Balaban J connectivity index is 1.87. The molecule has 0 unspecified atom stereocenters. The Morgan fingerprint density at radius 2 is 2.09 bits per heavy atom. The van der Waals surface area contributed by atoms with E-state index in [4.69, 9.17) is 18.0 Å². The van der Waals surface area contributed by atoms with Crippen molar-refractivity contribution in [3.63, 3.8) is 0 Å². The Bertz CT molecular complexity index is 783. The summed E-state index contributed by atoms with van der Waals surface area (Å²) in [7, 11) is 0. The van der Waals surface area contributed by atoms with Crippen molar-refractivity contribution in [1.29, 1.82) is 0 Å². The zero-order valence-corrected chi connectivity index (χ0v) is 13.7. The van der Waals surface area contributed by atoms with Gasteiger partial charge < -0.3 is 15.6 Å². The Morgan fingerprint density at radius 3 is 2.78 bits per heavy atom. The summed E-state index contributed by atoms with van der Waals surface area (Å²) in [5.74, 6) is -0.106. The van der Waals surface area contributed by atoms with E-state index >= 15 is 0 Å². The lowest BCUT2D eigenvalue weighted by Crippen LogP contribution is -2.20. The van der Waals surface area contributed by atoms with E-state index in [0.29, 0.717) is 35.6 Å². The number of nitrogens with two attached hydrogens (primary N) is 1. The fourth-order valence-electron chi connectivity index (χ4n) is 2.18. The average molecular weight is 329 g/mol. The first-order valence-electron chi connectivity index (χ1n) is 7.32. The lowest BCUT2D eigenvalue weighted by atomic mass is 10.2. The van der Waals surface area contributed by atoms with Gasteiger partial charge in [0.1, 0.15) is 4.99 Å². The van der Waals surface area contributed by atoms with Crippen LogP contribution in [0.1, 0.15) is 24.0 Å². The molecule has 5 nitrogen and oxygen atoms in total. The van der Waals surface area contributed by atoms with Gasteiger partial charge >= 0.3 is 0 Å². The second-order valence-electron chi connectivity index (χ2n) is 5.33. The molecule has 0 aliphatic rings. The molecule has 0 aliphatic heterocycles. The summed E-state index contributed by atoms with van der Waals surface area (Å²) < 4.78 is 1.60. The highest BCUT2D eigenvalue weighted by Gasteiger charge is 2.05. The van der Waals surface area contributed by atoms with E-state index in [1.54, 1.807) is 41.1 Å². The number of rotatable bonds is 6. The number of anilines is 1. The van der Waals surface area contributed by atoms with Gasteiger partial charge in [-0.25, -0.2) is 0 Å². The zero-order valence-electron chi connectivity index (χ0n) is 12.9. The van der Waals surface area contributed by atoms with Gasteiger partial charge in [0.25, 0.3) is 5.56 Å². The van der Waals surface area contributed by atoms with Crippen LogP contribution in [0.4, 0.5) is 5.69 Å². The molecule has 6 heteroatoms. The quantitative estimate of drug-likeness (QED) is 0.797. The van der Waals surface area contributed by atoms with Crippen LogP contribution in [0.15, 0.2) is 47.4 Å². The topological polar surface area (TPSA) is 77.1 Å². The molecule has 0 saturated carbocycles. The Kier molecular flexibility index (Phi) is 5.65. The molecule has 2 rings (SSSR count). The molecular weight excluding hydrogens is 310 g/mol. The smallest absolute Gasteiger partial charge is 0.250 e. The Hall–Kier alpha value is -2.47. The Morgan fingerprint density at radius 1 is 1.30 bits per heavy atom. The molecule has 1 amide bonds. The number of nitrogens with zero attached hydrogens (tertiary/aromatic N) is 1. The SMILES string of the molecule is Cc1ccn(CCCC(=O)Nc2cccc(C(N)=S)c2)c(=O)c1. The van der Waals surface area contributed by atoms with Gasteiger partial charge in [0.05, 0.1) is 0 Å². The molecule has 3 N–H and O–H groups in total. The van der Waals surface area contributed by atoms with Gasteiger partial charge in [-0.3, -0.25) is 9.59 Å². The average Bonchev–Trinajstić information content (AvgIpc) is 2.49. The minimum Gasteiger partial charge on any atom is -0.389 e. The van der Waals surface area contributed by atoms with E-state index in [2.05, 4.69) is 5.32 Å². The van der Waals surface area contributed by atoms with Crippen LogP contribution in [0.2, 0.25) is 0 Å². The molecule has 0 aliphatic carbocycles. The number of amides is 1. The van der Waals surface area contributed by atoms with E-state index in [-0.39, 0.29) is 11.5 Å². The van der Waals surface area contributed by atoms with Crippen LogP contribution < -0.4 is 16.6 Å². The minimum atomic E-state index is -0.106. The van der Waals surface area contributed by atoms with Crippen LogP contribution in [-0.2, 0) is 11.3 Å². The first kappa shape index (κ1) is 16.9. The second kappa shape index (κ2) is 7.69. The van der Waals surface area contributed by atoms with Crippen molar-refractivity contribution in [2.75, 3.05) is 5.32 Å². The van der Waals surface area contributed by atoms with E-state index in [0.717, 1.165) is 5.56 Å². The van der Waals surface area contributed by atoms with Gasteiger partial charge in [0.2, 0.25) is 5.91 Å². The number of nitrogens with one attached hydrogen (secondary N) is 1. The molecule has 1 heterocycles. The molecule has 23 heavy (non-hydrogen) atoms. The summed E-state index contributed by atoms with van der Waals surface area (Å²) >= 11 is 4.91. The predicted molar refractivity (Wildman–Crippen MR) is 95.6 cm³/mol. The number of aromatic nitrogens is 1. The maximum Gasteiger partial charge on any atom is 0.250 e. The standard InChI is InChI=1S/C17H19N3O2S/c1-12-7-9-20(16(22)10-12)8-3-6-15(21)19-14-5-2-4-13(11-14)17(18)23/h2,4-5,7,9-11H,3,6,8H2,1H3,(H2,18,23)(H,19,21). The molecule has 0 radical (unpaired) electrons. The molecule has 0 fully saturated rings. The first-order valence-corrected chi connectivity index (χ1v) is 7.73. The van der Waals surface area contributed by atoms with E-state index in [1.165, 1.54) is 0 Å². The van der Waals surface area contributed by atoms with Crippen LogP contribution in [0.5, 0.6) is 0 Å².